The molecule has 0 spiro atoms. The van der Waals surface area contributed by atoms with Crippen LogP contribution in [0.3, 0.4) is 0 Å². The third-order valence-corrected chi connectivity index (χ3v) is 3.43. The van der Waals surface area contributed by atoms with Gasteiger partial charge >= 0.3 is 0 Å². The van der Waals surface area contributed by atoms with Crippen molar-refractivity contribution in [3.63, 3.8) is 0 Å². The molecule has 2 aromatic rings. The smallest absolute Gasteiger partial charge is 0.105 e. The minimum absolute atomic E-state index is 0.134. The van der Waals surface area contributed by atoms with E-state index in [4.69, 9.17) is 0 Å². The Morgan fingerprint density at radius 3 is 2.35 bits per heavy atom. The third kappa shape index (κ3) is 1.86. The molecule has 0 fully saturated rings. The summed E-state index contributed by atoms with van der Waals surface area (Å²) in [6.45, 7) is 4.09. The van der Waals surface area contributed by atoms with Gasteiger partial charge in [-0.15, -0.1) is 0 Å². The molecule has 2 rings (SSSR count). The molecular formula is C12H19N5. The van der Waals surface area contributed by atoms with E-state index in [0.717, 1.165) is 11.5 Å². The van der Waals surface area contributed by atoms with E-state index in [-0.39, 0.29) is 6.04 Å². The van der Waals surface area contributed by atoms with Crippen molar-refractivity contribution in [3.05, 3.63) is 35.2 Å². The largest absolute Gasteiger partial charge is 0.334 e. The van der Waals surface area contributed by atoms with E-state index < -0.39 is 0 Å². The van der Waals surface area contributed by atoms with E-state index in [2.05, 4.69) is 26.9 Å². The zero-order valence-corrected chi connectivity index (χ0v) is 11.0. The van der Waals surface area contributed by atoms with E-state index in [1.54, 1.807) is 0 Å². The van der Waals surface area contributed by atoms with Crippen LogP contribution in [0.5, 0.6) is 0 Å². The van der Waals surface area contributed by atoms with Gasteiger partial charge in [0.2, 0.25) is 0 Å². The molecular weight excluding hydrogens is 214 g/mol. The highest BCUT2D eigenvalue weighted by Crippen LogP contribution is 2.24. The van der Waals surface area contributed by atoms with Gasteiger partial charge in [-0.3, -0.25) is 4.68 Å². The van der Waals surface area contributed by atoms with Crippen molar-refractivity contribution in [2.45, 2.75) is 19.9 Å². The first-order valence-corrected chi connectivity index (χ1v) is 5.70. The molecule has 0 saturated carbocycles. The van der Waals surface area contributed by atoms with Crippen LogP contribution in [0, 0.1) is 13.8 Å². The standard InChI is InChI=1S/C12H19N5/c1-8-10(6-15-17(8)5)12(13-3)11-7-14-9(2)16(11)4/h6-7,12-13H,1-5H3. The Kier molecular flexibility index (Phi) is 3.02. The van der Waals surface area contributed by atoms with Crippen LogP contribution in [0.2, 0.25) is 0 Å². The average molecular weight is 233 g/mol. The van der Waals surface area contributed by atoms with Gasteiger partial charge in [-0.2, -0.15) is 5.10 Å². The maximum atomic E-state index is 4.34. The van der Waals surface area contributed by atoms with Crippen LogP contribution in [0.15, 0.2) is 12.4 Å². The van der Waals surface area contributed by atoms with Crippen molar-refractivity contribution < 1.29 is 0 Å². The number of aromatic nitrogens is 4. The Bertz CT molecular complexity index is 477. The lowest BCUT2D eigenvalue weighted by Crippen LogP contribution is -2.21. The number of aryl methyl sites for hydroxylation is 2. The number of rotatable bonds is 3. The van der Waals surface area contributed by atoms with E-state index in [1.807, 2.05) is 45.1 Å². The van der Waals surface area contributed by atoms with Crippen LogP contribution in [0.25, 0.3) is 0 Å². The first-order chi connectivity index (χ1) is 8.06. The summed E-state index contributed by atoms with van der Waals surface area (Å²) < 4.78 is 4.00. The highest BCUT2D eigenvalue weighted by Gasteiger charge is 2.20. The first kappa shape index (κ1) is 11.9. The summed E-state index contributed by atoms with van der Waals surface area (Å²) in [5.74, 6) is 1.02. The summed E-state index contributed by atoms with van der Waals surface area (Å²) in [6.07, 6.45) is 3.84. The first-order valence-electron chi connectivity index (χ1n) is 5.70. The third-order valence-electron chi connectivity index (χ3n) is 3.43. The fourth-order valence-corrected chi connectivity index (χ4v) is 2.05. The summed E-state index contributed by atoms with van der Waals surface area (Å²) in [6, 6.07) is 0.134. The molecule has 0 saturated heterocycles. The molecule has 92 valence electrons. The number of nitrogens with zero attached hydrogens (tertiary/aromatic N) is 4. The number of imidazole rings is 1. The minimum Gasteiger partial charge on any atom is -0.334 e. The van der Waals surface area contributed by atoms with Crippen LogP contribution >= 0.6 is 0 Å². The SMILES string of the molecule is CNC(c1cnn(C)c1C)c1cnc(C)n1C. The molecule has 2 aromatic heterocycles. The van der Waals surface area contributed by atoms with Gasteiger partial charge in [-0.05, 0) is 20.9 Å². The zero-order chi connectivity index (χ0) is 12.6. The number of hydrogen-bond donors (Lipinski definition) is 1. The van der Waals surface area contributed by atoms with Gasteiger partial charge in [0, 0.05) is 25.4 Å². The van der Waals surface area contributed by atoms with E-state index in [1.165, 1.54) is 11.3 Å². The van der Waals surface area contributed by atoms with Crippen molar-refractivity contribution in [1.82, 2.24) is 24.6 Å². The van der Waals surface area contributed by atoms with Crippen LogP contribution < -0.4 is 5.32 Å². The fourth-order valence-electron chi connectivity index (χ4n) is 2.05. The Labute approximate surface area is 101 Å². The molecule has 1 N–H and O–H groups in total. The van der Waals surface area contributed by atoms with Gasteiger partial charge in [-0.1, -0.05) is 0 Å². The van der Waals surface area contributed by atoms with Gasteiger partial charge < -0.3 is 9.88 Å². The predicted molar refractivity (Wildman–Crippen MR) is 66.8 cm³/mol. The summed E-state index contributed by atoms with van der Waals surface area (Å²) in [5.41, 5.74) is 3.52. The lowest BCUT2D eigenvalue weighted by Gasteiger charge is -2.17. The van der Waals surface area contributed by atoms with Crippen molar-refractivity contribution in [3.8, 4) is 0 Å². The Morgan fingerprint density at radius 1 is 1.24 bits per heavy atom. The Balaban J connectivity index is 2.47. The lowest BCUT2D eigenvalue weighted by molar-refractivity contribution is 0.626. The van der Waals surface area contributed by atoms with Crippen LogP contribution in [0.1, 0.15) is 28.8 Å². The van der Waals surface area contributed by atoms with Crippen molar-refractivity contribution >= 4 is 0 Å². The Hall–Kier alpha value is -1.62. The maximum Gasteiger partial charge on any atom is 0.105 e. The van der Waals surface area contributed by atoms with Crippen LogP contribution in [0.4, 0.5) is 0 Å². The minimum atomic E-state index is 0.134. The molecule has 0 aromatic carbocycles. The van der Waals surface area contributed by atoms with E-state index in [9.17, 15) is 0 Å². The Morgan fingerprint density at radius 2 is 1.94 bits per heavy atom. The van der Waals surface area contributed by atoms with Gasteiger partial charge in [0.05, 0.1) is 24.1 Å². The van der Waals surface area contributed by atoms with Gasteiger partial charge in [0.15, 0.2) is 0 Å². The topological polar surface area (TPSA) is 47.7 Å². The molecule has 5 heteroatoms. The van der Waals surface area contributed by atoms with Crippen molar-refractivity contribution in [1.29, 1.82) is 0 Å². The second kappa shape index (κ2) is 4.33. The number of nitrogens with one attached hydrogen (secondary N) is 1. The summed E-state index contributed by atoms with van der Waals surface area (Å²) >= 11 is 0. The quantitative estimate of drug-likeness (QED) is 0.863. The second-order valence-electron chi connectivity index (χ2n) is 4.32. The molecule has 0 aliphatic carbocycles. The normalized spacial score (nSPS) is 13.0. The fraction of sp³-hybridized carbons (Fsp3) is 0.500. The molecule has 1 unspecified atom stereocenters. The molecule has 17 heavy (non-hydrogen) atoms. The number of hydrogen-bond acceptors (Lipinski definition) is 3. The van der Waals surface area contributed by atoms with Crippen LogP contribution in [-0.2, 0) is 14.1 Å². The van der Waals surface area contributed by atoms with Gasteiger partial charge in [0.25, 0.3) is 0 Å². The molecule has 0 aliphatic rings. The molecule has 1 atom stereocenters. The van der Waals surface area contributed by atoms with Crippen molar-refractivity contribution in [2.24, 2.45) is 14.1 Å². The summed E-state index contributed by atoms with van der Waals surface area (Å²) in [5, 5.41) is 7.62. The zero-order valence-electron chi connectivity index (χ0n) is 11.0. The van der Waals surface area contributed by atoms with E-state index >= 15 is 0 Å². The molecule has 5 nitrogen and oxygen atoms in total. The summed E-state index contributed by atoms with van der Waals surface area (Å²) in [4.78, 5) is 4.34. The van der Waals surface area contributed by atoms with Gasteiger partial charge in [-0.25, -0.2) is 4.98 Å². The molecule has 0 amide bonds. The maximum absolute atomic E-state index is 4.34. The average Bonchev–Trinajstić information content (AvgIpc) is 2.80. The molecule has 0 radical (unpaired) electrons. The lowest BCUT2D eigenvalue weighted by atomic mass is 10.1. The molecule has 0 bridgehead atoms. The van der Waals surface area contributed by atoms with Crippen molar-refractivity contribution in [2.75, 3.05) is 7.05 Å². The summed E-state index contributed by atoms with van der Waals surface area (Å²) in [7, 11) is 5.95. The predicted octanol–water partition coefficient (Wildman–Crippen LogP) is 1.08. The highest BCUT2D eigenvalue weighted by atomic mass is 15.3. The van der Waals surface area contributed by atoms with E-state index in [0.29, 0.717) is 0 Å². The molecule has 0 aliphatic heterocycles. The second-order valence-corrected chi connectivity index (χ2v) is 4.32. The molecule has 2 heterocycles. The van der Waals surface area contributed by atoms with Gasteiger partial charge in [0.1, 0.15) is 5.82 Å². The monoisotopic (exact) mass is 233 g/mol. The van der Waals surface area contributed by atoms with Crippen LogP contribution in [-0.4, -0.2) is 26.4 Å². The highest BCUT2D eigenvalue weighted by molar-refractivity contribution is 5.29.